The van der Waals surface area contributed by atoms with Crippen molar-refractivity contribution in [1.82, 2.24) is 0 Å². The predicted octanol–water partition coefficient (Wildman–Crippen LogP) is 5.28. The Morgan fingerprint density at radius 1 is 1.18 bits per heavy atom. The van der Waals surface area contributed by atoms with E-state index in [1.807, 2.05) is 30.4 Å². The van der Waals surface area contributed by atoms with Crippen molar-refractivity contribution in [3.63, 3.8) is 0 Å². The highest BCUT2D eigenvalue weighted by Gasteiger charge is 1.96. The number of benzene rings is 1. The number of carboxylic acid groups (broad SMARTS) is 1. The molecule has 22 heavy (non-hydrogen) atoms. The Bertz CT molecular complexity index is 532. The number of rotatable bonds is 9. The molecule has 0 fully saturated rings. The van der Waals surface area contributed by atoms with Crippen molar-refractivity contribution in [1.29, 1.82) is 0 Å². The van der Waals surface area contributed by atoms with Gasteiger partial charge < -0.3 is 5.11 Å². The van der Waals surface area contributed by atoms with Crippen LogP contribution in [-0.4, -0.2) is 11.1 Å². The van der Waals surface area contributed by atoms with Crippen LogP contribution >= 0.6 is 0 Å². The Labute approximate surface area is 134 Å². The van der Waals surface area contributed by atoms with Crippen LogP contribution in [0.4, 0.5) is 0 Å². The Hall–Kier alpha value is -2.01. The molecule has 1 N–H and O–H groups in total. The normalized spacial score (nSPS) is 10.4. The molecule has 0 bridgehead atoms. The number of carbonyl (C=O) groups is 1. The summed E-state index contributed by atoms with van der Waals surface area (Å²) in [4.78, 5) is 10.5. The van der Waals surface area contributed by atoms with Crippen LogP contribution in [0.15, 0.2) is 30.3 Å². The number of hydrogen-bond acceptors (Lipinski definition) is 1. The van der Waals surface area contributed by atoms with E-state index in [9.17, 15) is 4.79 Å². The molecule has 0 radical (unpaired) electrons. The number of aliphatic carboxylic acids is 1. The Morgan fingerprint density at radius 2 is 2.00 bits per heavy atom. The van der Waals surface area contributed by atoms with Crippen molar-refractivity contribution in [2.45, 2.75) is 58.3 Å². The summed E-state index contributed by atoms with van der Waals surface area (Å²) in [5.41, 5.74) is 2.16. The highest BCUT2D eigenvalue weighted by atomic mass is 16.4. The van der Waals surface area contributed by atoms with Crippen molar-refractivity contribution in [3.05, 3.63) is 41.5 Å². The Kier molecular flexibility index (Phi) is 9.54. The van der Waals surface area contributed by atoms with Crippen LogP contribution in [0, 0.1) is 11.8 Å². The zero-order valence-electron chi connectivity index (χ0n) is 13.5. The van der Waals surface area contributed by atoms with Gasteiger partial charge in [-0.15, -0.1) is 0 Å². The fourth-order valence-corrected chi connectivity index (χ4v) is 2.14. The van der Waals surface area contributed by atoms with E-state index in [4.69, 9.17) is 5.11 Å². The quantitative estimate of drug-likeness (QED) is 0.497. The summed E-state index contributed by atoms with van der Waals surface area (Å²) in [6.45, 7) is 2.21. The minimum Gasteiger partial charge on any atom is -0.481 e. The average molecular weight is 298 g/mol. The zero-order valence-corrected chi connectivity index (χ0v) is 13.5. The van der Waals surface area contributed by atoms with Gasteiger partial charge >= 0.3 is 5.97 Å². The summed E-state index contributed by atoms with van der Waals surface area (Å²) in [6.07, 6.45) is 11.7. The summed E-state index contributed by atoms with van der Waals surface area (Å²) < 4.78 is 0. The third kappa shape index (κ3) is 8.32. The molecule has 0 atom stereocenters. The van der Waals surface area contributed by atoms with Gasteiger partial charge in [0.15, 0.2) is 0 Å². The van der Waals surface area contributed by atoms with E-state index >= 15 is 0 Å². The van der Waals surface area contributed by atoms with Crippen molar-refractivity contribution in [3.8, 4) is 11.8 Å². The average Bonchev–Trinajstić information content (AvgIpc) is 2.51. The van der Waals surface area contributed by atoms with Crippen molar-refractivity contribution >= 4 is 12.0 Å². The third-order valence-corrected chi connectivity index (χ3v) is 3.40. The molecule has 0 aliphatic carbocycles. The van der Waals surface area contributed by atoms with Gasteiger partial charge in [0.25, 0.3) is 0 Å². The van der Waals surface area contributed by atoms with Gasteiger partial charge in [-0.25, -0.2) is 0 Å². The Morgan fingerprint density at radius 3 is 2.77 bits per heavy atom. The molecule has 118 valence electrons. The third-order valence-electron chi connectivity index (χ3n) is 3.40. The first kappa shape index (κ1) is 18.0. The lowest BCUT2D eigenvalue weighted by Crippen LogP contribution is -1.92. The predicted molar refractivity (Wildman–Crippen MR) is 92.6 cm³/mol. The molecule has 0 aliphatic rings. The number of allylic oxidation sites excluding steroid dienone is 1. The van der Waals surface area contributed by atoms with Crippen molar-refractivity contribution < 1.29 is 9.90 Å². The molecule has 2 heteroatoms. The van der Waals surface area contributed by atoms with Crippen molar-refractivity contribution in [2.75, 3.05) is 0 Å². The summed E-state index contributed by atoms with van der Waals surface area (Å²) in [6, 6.07) is 8.09. The molecule has 1 aromatic rings. The summed E-state index contributed by atoms with van der Waals surface area (Å²) in [5.74, 6) is 5.78. The summed E-state index contributed by atoms with van der Waals surface area (Å²) >= 11 is 0. The lowest BCUT2D eigenvalue weighted by atomic mass is 10.1. The molecule has 0 heterocycles. The smallest absolute Gasteiger partial charge is 0.303 e. The van der Waals surface area contributed by atoms with E-state index in [1.54, 1.807) is 0 Å². The standard InChI is InChI=1S/C20H26O2/c1-2-3-4-5-6-8-13-18-15-11-12-16-19(18)14-9-7-10-17-20(21)22/h9,11-12,14-16H,2-7,10,17H2,1H3,(H,21,22)/b14-9-. The second-order valence-electron chi connectivity index (χ2n) is 5.39. The fourth-order valence-electron chi connectivity index (χ4n) is 2.14. The van der Waals surface area contributed by atoms with Gasteiger partial charge in [0.1, 0.15) is 0 Å². The van der Waals surface area contributed by atoms with E-state index in [0.29, 0.717) is 6.42 Å². The molecule has 0 spiro atoms. The van der Waals surface area contributed by atoms with E-state index in [0.717, 1.165) is 24.0 Å². The zero-order chi connectivity index (χ0) is 16.0. The van der Waals surface area contributed by atoms with Gasteiger partial charge in [-0.2, -0.15) is 0 Å². The largest absolute Gasteiger partial charge is 0.481 e. The lowest BCUT2D eigenvalue weighted by Gasteiger charge is -1.98. The van der Waals surface area contributed by atoms with Gasteiger partial charge in [0.05, 0.1) is 0 Å². The van der Waals surface area contributed by atoms with Crippen LogP contribution in [0.1, 0.15) is 69.4 Å². The second-order valence-corrected chi connectivity index (χ2v) is 5.39. The maximum Gasteiger partial charge on any atom is 0.303 e. The van der Waals surface area contributed by atoms with Gasteiger partial charge in [-0.1, -0.05) is 68.4 Å². The van der Waals surface area contributed by atoms with E-state index in [2.05, 4.69) is 24.8 Å². The molecule has 0 amide bonds. The van der Waals surface area contributed by atoms with E-state index < -0.39 is 5.97 Å². The van der Waals surface area contributed by atoms with Crippen molar-refractivity contribution in [2.24, 2.45) is 0 Å². The lowest BCUT2D eigenvalue weighted by molar-refractivity contribution is -0.137. The van der Waals surface area contributed by atoms with Crippen LogP contribution in [0.2, 0.25) is 0 Å². The first-order valence-electron chi connectivity index (χ1n) is 8.20. The van der Waals surface area contributed by atoms with Gasteiger partial charge in [-0.3, -0.25) is 4.79 Å². The van der Waals surface area contributed by atoms with Crippen LogP contribution in [0.5, 0.6) is 0 Å². The molecule has 1 aromatic carbocycles. The van der Waals surface area contributed by atoms with E-state index in [-0.39, 0.29) is 6.42 Å². The first-order valence-corrected chi connectivity index (χ1v) is 8.20. The number of hydrogen-bond donors (Lipinski definition) is 1. The minimum absolute atomic E-state index is 0.226. The summed E-state index contributed by atoms with van der Waals surface area (Å²) in [5, 5.41) is 8.61. The molecule has 1 rings (SSSR count). The number of carboxylic acids is 1. The molecular formula is C20H26O2. The monoisotopic (exact) mass is 298 g/mol. The van der Waals surface area contributed by atoms with Crippen LogP contribution in [0.3, 0.4) is 0 Å². The molecule has 0 saturated heterocycles. The molecule has 0 aromatic heterocycles. The Balaban J connectivity index is 2.49. The van der Waals surface area contributed by atoms with Gasteiger partial charge in [-0.05, 0) is 30.9 Å². The van der Waals surface area contributed by atoms with Crippen LogP contribution in [0.25, 0.3) is 6.08 Å². The maximum absolute atomic E-state index is 10.5. The van der Waals surface area contributed by atoms with Gasteiger partial charge in [0, 0.05) is 18.4 Å². The number of unbranched alkanes of at least 4 members (excludes halogenated alkanes) is 5. The molecule has 2 nitrogen and oxygen atoms in total. The fraction of sp³-hybridized carbons (Fsp3) is 0.450. The SMILES string of the molecule is CCCCCCC#Cc1ccccc1/C=C\CCCC(=O)O. The van der Waals surface area contributed by atoms with Gasteiger partial charge in [0.2, 0.25) is 0 Å². The van der Waals surface area contributed by atoms with Crippen LogP contribution in [-0.2, 0) is 4.79 Å². The minimum atomic E-state index is -0.734. The maximum atomic E-state index is 10.5. The van der Waals surface area contributed by atoms with Crippen LogP contribution < -0.4 is 0 Å². The van der Waals surface area contributed by atoms with E-state index in [1.165, 1.54) is 25.7 Å². The molecular weight excluding hydrogens is 272 g/mol. The highest BCUT2D eigenvalue weighted by Crippen LogP contribution is 2.11. The molecule has 0 saturated carbocycles. The highest BCUT2D eigenvalue weighted by molar-refractivity contribution is 5.66. The topological polar surface area (TPSA) is 37.3 Å². The molecule has 0 aliphatic heterocycles. The second kappa shape index (κ2) is 11.6. The summed E-state index contributed by atoms with van der Waals surface area (Å²) in [7, 11) is 0. The molecule has 0 unspecified atom stereocenters. The first-order chi connectivity index (χ1) is 10.7.